The summed E-state index contributed by atoms with van der Waals surface area (Å²) >= 11 is 2.20. The molecule has 5 heteroatoms. The third-order valence-corrected chi connectivity index (χ3v) is 3.87. The summed E-state index contributed by atoms with van der Waals surface area (Å²) in [5.41, 5.74) is 2.74. The lowest BCUT2D eigenvalue weighted by atomic mass is 10.1. The Morgan fingerprint density at radius 1 is 1.37 bits per heavy atom. The second-order valence-electron chi connectivity index (χ2n) is 4.33. The van der Waals surface area contributed by atoms with E-state index in [9.17, 15) is 4.79 Å². The fourth-order valence-electron chi connectivity index (χ4n) is 1.87. The number of amides is 1. The third kappa shape index (κ3) is 3.56. The minimum atomic E-state index is 0.00381. The standard InChI is InChI=1S/C14H15IN2O2/c1-9-11(10(2)19-17-9)7-8-14(18)16-13-6-4-3-5-12(13)15/h3-6H,7-8H2,1-2H3,(H,16,18). The molecule has 0 atom stereocenters. The molecule has 1 heterocycles. The van der Waals surface area contributed by atoms with E-state index in [2.05, 4.69) is 33.1 Å². The number of hydrogen-bond donors (Lipinski definition) is 1. The molecule has 2 aromatic rings. The third-order valence-electron chi connectivity index (χ3n) is 2.93. The number of rotatable bonds is 4. The summed E-state index contributed by atoms with van der Waals surface area (Å²) in [5, 5.41) is 6.80. The molecule has 1 N–H and O–H groups in total. The summed E-state index contributed by atoms with van der Waals surface area (Å²) in [6.45, 7) is 3.76. The summed E-state index contributed by atoms with van der Waals surface area (Å²) in [5.74, 6) is 0.795. The second-order valence-corrected chi connectivity index (χ2v) is 5.49. The molecule has 1 aromatic heterocycles. The van der Waals surface area contributed by atoms with Gasteiger partial charge in [0.1, 0.15) is 5.76 Å². The van der Waals surface area contributed by atoms with Crippen molar-refractivity contribution in [2.75, 3.05) is 5.32 Å². The van der Waals surface area contributed by atoms with Crippen LogP contribution in [0.2, 0.25) is 0 Å². The van der Waals surface area contributed by atoms with Gasteiger partial charge in [-0.25, -0.2) is 0 Å². The highest BCUT2D eigenvalue weighted by molar-refractivity contribution is 14.1. The molecular weight excluding hydrogens is 355 g/mol. The molecule has 0 aliphatic carbocycles. The van der Waals surface area contributed by atoms with Crippen molar-refractivity contribution in [1.29, 1.82) is 0 Å². The summed E-state index contributed by atoms with van der Waals surface area (Å²) < 4.78 is 6.12. The quantitative estimate of drug-likeness (QED) is 0.839. The Hall–Kier alpha value is -1.37. The molecule has 4 nitrogen and oxygen atoms in total. The molecule has 0 aliphatic heterocycles. The van der Waals surface area contributed by atoms with Gasteiger partial charge < -0.3 is 9.84 Å². The van der Waals surface area contributed by atoms with Gasteiger partial charge in [-0.15, -0.1) is 0 Å². The van der Waals surface area contributed by atoms with Crippen molar-refractivity contribution >= 4 is 34.2 Å². The van der Waals surface area contributed by atoms with Crippen LogP contribution in [0.15, 0.2) is 28.8 Å². The molecular formula is C14H15IN2O2. The van der Waals surface area contributed by atoms with Gasteiger partial charge in [-0.3, -0.25) is 4.79 Å². The Morgan fingerprint density at radius 3 is 2.74 bits per heavy atom. The van der Waals surface area contributed by atoms with Gasteiger partial charge >= 0.3 is 0 Å². The van der Waals surface area contributed by atoms with Gasteiger partial charge in [0, 0.05) is 15.6 Å². The molecule has 100 valence electrons. The van der Waals surface area contributed by atoms with Gasteiger partial charge in [-0.2, -0.15) is 0 Å². The van der Waals surface area contributed by atoms with E-state index in [-0.39, 0.29) is 5.91 Å². The monoisotopic (exact) mass is 370 g/mol. The van der Waals surface area contributed by atoms with E-state index in [1.165, 1.54) is 0 Å². The van der Waals surface area contributed by atoms with Crippen LogP contribution in [-0.2, 0) is 11.2 Å². The number of carbonyl (C=O) groups is 1. The first-order chi connectivity index (χ1) is 9.08. The number of aryl methyl sites for hydroxylation is 2. The average Bonchev–Trinajstić information content (AvgIpc) is 2.70. The van der Waals surface area contributed by atoms with Crippen molar-refractivity contribution in [3.63, 3.8) is 0 Å². The van der Waals surface area contributed by atoms with Gasteiger partial charge in [0.2, 0.25) is 5.91 Å². The zero-order chi connectivity index (χ0) is 13.8. The lowest BCUT2D eigenvalue weighted by molar-refractivity contribution is -0.116. The van der Waals surface area contributed by atoms with Crippen LogP contribution in [0.1, 0.15) is 23.4 Å². The Balaban J connectivity index is 1.94. The van der Waals surface area contributed by atoms with E-state index in [0.717, 1.165) is 26.3 Å². The van der Waals surface area contributed by atoms with Crippen molar-refractivity contribution in [1.82, 2.24) is 5.16 Å². The minimum Gasteiger partial charge on any atom is -0.361 e. The number of nitrogens with one attached hydrogen (secondary N) is 1. The largest absolute Gasteiger partial charge is 0.361 e. The summed E-state index contributed by atoms with van der Waals surface area (Å²) in [4.78, 5) is 11.9. The van der Waals surface area contributed by atoms with Crippen LogP contribution < -0.4 is 5.32 Å². The first-order valence-corrected chi connectivity index (χ1v) is 7.12. The molecule has 0 saturated carbocycles. The van der Waals surface area contributed by atoms with Crippen molar-refractivity contribution in [3.05, 3.63) is 44.9 Å². The Kier molecular flexibility index (Phi) is 4.57. The highest BCUT2D eigenvalue weighted by Crippen LogP contribution is 2.18. The Bertz CT molecular complexity index is 573. The number of benzene rings is 1. The molecule has 0 aliphatic rings. The van der Waals surface area contributed by atoms with Crippen LogP contribution in [0.5, 0.6) is 0 Å². The van der Waals surface area contributed by atoms with Crippen molar-refractivity contribution in [2.24, 2.45) is 0 Å². The molecule has 0 saturated heterocycles. The fraction of sp³-hybridized carbons (Fsp3) is 0.286. The van der Waals surface area contributed by atoms with E-state index in [1.54, 1.807) is 0 Å². The zero-order valence-corrected chi connectivity index (χ0v) is 13.0. The highest BCUT2D eigenvalue weighted by Gasteiger charge is 2.11. The smallest absolute Gasteiger partial charge is 0.224 e. The molecule has 1 amide bonds. The Labute approximate surface area is 125 Å². The summed E-state index contributed by atoms with van der Waals surface area (Å²) in [6.07, 6.45) is 1.07. The van der Waals surface area contributed by atoms with Gasteiger partial charge in [0.15, 0.2) is 0 Å². The van der Waals surface area contributed by atoms with Crippen LogP contribution >= 0.6 is 22.6 Å². The number of carbonyl (C=O) groups excluding carboxylic acids is 1. The first kappa shape index (κ1) is 14.0. The van der Waals surface area contributed by atoms with Crippen LogP contribution in [0.4, 0.5) is 5.69 Å². The van der Waals surface area contributed by atoms with E-state index in [1.807, 2.05) is 38.1 Å². The first-order valence-electron chi connectivity index (χ1n) is 6.04. The molecule has 0 unspecified atom stereocenters. The molecule has 19 heavy (non-hydrogen) atoms. The molecule has 0 radical (unpaired) electrons. The second kappa shape index (κ2) is 6.18. The number of anilines is 1. The summed E-state index contributed by atoms with van der Waals surface area (Å²) in [6, 6.07) is 7.72. The van der Waals surface area contributed by atoms with E-state index >= 15 is 0 Å². The number of halogens is 1. The van der Waals surface area contributed by atoms with Crippen LogP contribution in [0.3, 0.4) is 0 Å². The highest BCUT2D eigenvalue weighted by atomic mass is 127. The topological polar surface area (TPSA) is 55.1 Å². The van der Waals surface area contributed by atoms with Gasteiger partial charge in [0.25, 0.3) is 0 Å². The number of aromatic nitrogens is 1. The number of hydrogen-bond acceptors (Lipinski definition) is 3. The normalized spacial score (nSPS) is 10.5. The van der Waals surface area contributed by atoms with E-state index in [0.29, 0.717) is 12.8 Å². The lowest BCUT2D eigenvalue weighted by Crippen LogP contribution is -2.13. The SMILES string of the molecule is Cc1noc(C)c1CCC(=O)Nc1ccccc1I. The summed E-state index contributed by atoms with van der Waals surface area (Å²) in [7, 11) is 0. The van der Waals surface area contributed by atoms with Crippen molar-refractivity contribution < 1.29 is 9.32 Å². The molecule has 2 rings (SSSR count). The molecule has 0 spiro atoms. The fourth-order valence-corrected chi connectivity index (χ4v) is 2.39. The predicted octanol–water partition coefficient (Wildman–Crippen LogP) is 3.47. The molecule has 0 bridgehead atoms. The zero-order valence-electron chi connectivity index (χ0n) is 10.9. The van der Waals surface area contributed by atoms with Gasteiger partial charge in [0.05, 0.1) is 11.4 Å². The number of nitrogens with zero attached hydrogens (tertiary/aromatic N) is 1. The van der Waals surface area contributed by atoms with Crippen LogP contribution in [0, 0.1) is 17.4 Å². The molecule has 0 fully saturated rings. The Morgan fingerprint density at radius 2 is 2.11 bits per heavy atom. The van der Waals surface area contributed by atoms with Crippen molar-refractivity contribution in [2.45, 2.75) is 26.7 Å². The average molecular weight is 370 g/mol. The maximum atomic E-state index is 11.9. The van der Waals surface area contributed by atoms with Crippen LogP contribution in [-0.4, -0.2) is 11.1 Å². The minimum absolute atomic E-state index is 0.00381. The van der Waals surface area contributed by atoms with Gasteiger partial charge in [-0.05, 0) is 55.0 Å². The maximum Gasteiger partial charge on any atom is 0.224 e. The maximum absolute atomic E-state index is 11.9. The van der Waals surface area contributed by atoms with Crippen LogP contribution in [0.25, 0.3) is 0 Å². The lowest BCUT2D eigenvalue weighted by Gasteiger charge is -2.06. The van der Waals surface area contributed by atoms with E-state index in [4.69, 9.17) is 4.52 Å². The number of para-hydroxylation sites is 1. The van der Waals surface area contributed by atoms with Gasteiger partial charge in [-0.1, -0.05) is 17.3 Å². The molecule has 1 aromatic carbocycles. The van der Waals surface area contributed by atoms with Crippen molar-refractivity contribution in [3.8, 4) is 0 Å². The predicted molar refractivity (Wildman–Crippen MR) is 82.1 cm³/mol. The van der Waals surface area contributed by atoms with E-state index < -0.39 is 0 Å².